The molecule has 0 fully saturated rings. The van der Waals surface area contributed by atoms with Crippen LogP contribution in [0.1, 0.15) is 29.1 Å². The first-order valence-corrected chi connectivity index (χ1v) is 7.64. The van der Waals surface area contributed by atoms with E-state index in [1.807, 2.05) is 44.2 Å². The van der Waals surface area contributed by atoms with Crippen LogP contribution in [-0.2, 0) is 6.54 Å². The minimum Gasteiger partial charge on any atom is -0.492 e. The number of hydrogen-bond donors (Lipinski definition) is 2. The highest BCUT2D eigenvalue weighted by Crippen LogP contribution is 2.43. The van der Waals surface area contributed by atoms with Crippen molar-refractivity contribution in [1.29, 1.82) is 0 Å². The number of carbonyl (C=O) groups excluding carboxylic acids is 1. The molecule has 5 heteroatoms. The van der Waals surface area contributed by atoms with Gasteiger partial charge in [-0.05, 0) is 5.56 Å². The van der Waals surface area contributed by atoms with Crippen LogP contribution in [0.5, 0.6) is 5.75 Å². The van der Waals surface area contributed by atoms with Crippen LogP contribution in [0.2, 0.25) is 0 Å². The zero-order valence-corrected chi connectivity index (χ0v) is 13.3. The zero-order chi connectivity index (χ0) is 15.4. The van der Waals surface area contributed by atoms with Crippen molar-refractivity contribution in [3.8, 4) is 5.75 Å². The van der Waals surface area contributed by atoms with Crippen LogP contribution in [0.15, 0.2) is 30.3 Å². The zero-order valence-electron chi connectivity index (χ0n) is 12.5. The number of rotatable bonds is 6. The van der Waals surface area contributed by atoms with Gasteiger partial charge in [0.1, 0.15) is 5.00 Å². The fourth-order valence-corrected chi connectivity index (χ4v) is 3.14. The molecule has 0 saturated carbocycles. The summed E-state index contributed by atoms with van der Waals surface area (Å²) in [6.07, 6.45) is 0. The molecular weight excluding hydrogens is 284 g/mol. The molecule has 1 heterocycles. The van der Waals surface area contributed by atoms with Crippen molar-refractivity contribution in [2.45, 2.75) is 20.4 Å². The van der Waals surface area contributed by atoms with Gasteiger partial charge in [-0.25, -0.2) is 0 Å². The highest BCUT2D eigenvalue weighted by Gasteiger charge is 2.23. The van der Waals surface area contributed by atoms with Crippen LogP contribution in [0, 0.1) is 5.92 Å². The predicted octanol–water partition coefficient (Wildman–Crippen LogP) is 3.79. The monoisotopic (exact) mass is 304 g/mol. The molecule has 2 rings (SSSR count). The fourth-order valence-electron chi connectivity index (χ4n) is 1.97. The van der Waals surface area contributed by atoms with Crippen LogP contribution >= 0.6 is 11.3 Å². The lowest BCUT2D eigenvalue weighted by atomic mass is 10.1. The Morgan fingerprint density at radius 2 is 2.00 bits per heavy atom. The normalized spacial score (nSPS) is 10.7. The average molecular weight is 304 g/mol. The molecule has 0 spiro atoms. The van der Waals surface area contributed by atoms with E-state index in [4.69, 9.17) is 10.5 Å². The molecule has 4 nitrogen and oxygen atoms in total. The van der Waals surface area contributed by atoms with Crippen molar-refractivity contribution in [2.75, 3.05) is 18.2 Å². The summed E-state index contributed by atoms with van der Waals surface area (Å²) in [5.74, 6) is 0.515. The second-order valence-corrected chi connectivity index (χ2v) is 6.09. The summed E-state index contributed by atoms with van der Waals surface area (Å²) in [6, 6.07) is 10.0. The van der Waals surface area contributed by atoms with Crippen molar-refractivity contribution < 1.29 is 9.53 Å². The van der Waals surface area contributed by atoms with E-state index in [0.717, 1.165) is 10.6 Å². The van der Waals surface area contributed by atoms with Gasteiger partial charge in [0.05, 0.1) is 17.7 Å². The number of thiophene rings is 1. The first kappa shape index (κ1) is 15.4. The number of nitrogens with one attached hydrogen (secondary N) is 1. The average Bonchev–Trinajstić information content (AvgIpc) is 2.81. The SMILES string of the molecule is COc1c(NCc2ccccc2)sc(C(=O)C(C)C)c1N. The second-order valence-electron chi connectivity index (χ2n) is 5.07. The first-order valence-electron chi connectivity index (χ1n) is 6.82. The molecule has 3 N–H and O–H groups in total. The molecule has 0 amide bonds. The van der Waals surface area contributed by atoms with Crippen molar-refractivity contribution in [3.63, 3.8) is 0 Å². The summed E-state index contributed by atoms with van der Waals surface area (Å²) >= 11 is 1.36. The summed E-state index contributed by atoms with van der Waals surface area (Å²) in [6.45, 7) is 4.39. The second kappa shape index (κ2) is 6.63. The van der Waals surface area contributed by atoms with Crippen LogP contribution in [0.3, 0.4) is 0 Å². The smallest absolute Gasteiger partial charge is 0.177 e. The maximum absolute atomic E-state index is 12.2. The minimum absolute atomic E-state index is 0.0450. The lowest BCUT2D eigenvalue weighted by Gasteiger charge is -2.06. The predicted molar refractivity (Wildman–Crippen MR) is 88.2 cm³/mol. The Bertz CT molecular complexity index is 621. The topological polar surface area (TPSA) is 64.3 Å². The third-order valence-corrected chi connectivity index (χ3v) is 4.31. The molecule has 0 aliphatic carbocycles. The molecule has 0 aliphatic heterocycles. The van der Waals surface area contributed by atoms with Gasteiger partial charge in [-0.2, -0.15) is 0 Å². The van der Waals surface area contributed by atoms with Gasteiger partial charge in [0.25, 0.3) is 0 Å². The van der Waals surface area contributed by atoms with Gasteiger partial charge in [-0.15, -0.1) is 11.3 Å². The van der Waals surface area contributed by atoms with E-state index in [9.17, 15) is 4.79 Å². The number of carbonyl (C=O) groups is 1. The number of Topliss-reactive ketones (excluding diaryl/α,β-unsaturated/α-hetero) is 1. The number of hydrogen-bond acceptors (Lipinski definition) is 5. The van der Waals surface area contributed by atoms with Gasteiger partial charge in [-0.1, -0.05) is 44.2 Å². The highest BCUT2D eigenvalue weighted by atomic mass is 32.1. The maximum atomic E-state index is 12.2. The summed E-state index contributed by atoms with van der Waals surface area (Å²) in [5, 5.41) is 4.09. The lowest BCUT2D eigenvalue weighted by molar-refractivity contribution is 0.0944. The molecule has 0 aliphatic rings. The van der Waals surface area contributed by atoms with Crippen LogP contribution in [0.25, 0.3) is 0 Å². The van der Waals surface area contributed by atoms with E-state index in [0.29, 0.717) is 22.9 Å². The van der Waals surface area contributed by atoms with E-state index in [2.05, 4.69) is 5.32 Å². The van der Waals surface area contributed by atoms with Crippen molar-refractivity contribution in [2.24, 2.45) is 5.92 Å². The van der Waals surface area contributed by atoms with E-state index < -0.39 is 0 Å². The molecule has 0 unspecified atom stereocenters. The molecule has 0 radical (unpaired) electrons. The number of ether oxygens (including phenoxy) is 1. The third-order valence-electron chi connectivity index (χ3n) is 3.15. The van der Waals surface area contributed by atoms with Crippen molar-refractivity contribution in [3.05, 3.63) is 40.8 Å². The van der Waals surface area contributed by atoms with E-state index in [1.54, 1.807) is 7.11 Å². The Morgan fingerprint density at radius 3 is 2.57 bits per heavy atom. The Morgan fingerprint density at radius 1 is 1.33 bits per heavy atom. The number of benzene rings is 1. The molecule has 2 aromatic rings. The third kappa shape index (κ3) is 3.36. The van der Waals surface area contributed by atoms with Crippen LogP contribution in [-0.4, -0.2) is 12.9 Å². The molecular formula is C16H20N2O2S. The highest BCUT2D eigenvalue weighted by molar-refractivity contribution is 7.19. The molecule has 0 saturated heterocycles. The van der Waals surface area contributed by atoms with Gasteiger partial charge in [0.2, 0.25) is 0 Å². The Hall–Kier alpha value is -2.01. The van der Waals surface area contributed by atoms with Gasteiger partial charge >= 0.3 is 0 Å². The number of anilines is 2. The molecule has 112 valence electrons. The largest absolute Gasteiger partial charge is 0.492 e. The number of nitrogen functional groups attached to an aromatic ring is 1. The number of nitrogens with two attached hydrogens (primary N) is 1. The van der Waals surface area contributed by atoms with Crippen LogP contribution < -0.4 is 15.8 Å². The van der Waals surface area contributed by atoms with E-state index in [1.165, 1.54) is 11.3 Å². The van der Waals surface area contributed by atoms with Gasteiger partial charge in [-0.3, -0.25) is 4.79 Å². The summed E-state index contributed by atoms with van der Waals surface area (Å²) in [7, 11) is 1.57. The van der Waals surface area contributed by atoms with Gasteiger partial charge < -0.3 is 15.8 Å². The van der Waals surface area contributed by atoms with Crippen molar-refractivity contribution >= 4 is 27.8 Å². The standard InChI is InChI=1S/C16H20N2O2S/c1-10(2)13(19)15-12(17)14(20-3)16(21-15)18-9-11-7-5-4-6-8-11/h4-8,10,18H,9,17H2,1-3H3. The Kier molecular flexibility index (Phi) is 4.85. The summed E-state index contributed by atoms with van der Waals surface area (Å²) < 4.78 is 5.35. The quantitative estimate of drug-likeness (QED) is 0.797. The minimum atomic E-state index is -0.0855. The summed E-state index contributed by atoms with van der Waals surface area (Å²) in [5.41, 5.74) is 7.63. The van der Waals surface area contributed by atoms with Gasteiger partial charge in [0, 0.05) is 12.5 Å². The molecule has 1 aromatic heterocycles. The molecule has 1 aromatic carbocycles. The van der Waals surface area contributed by atoms with Crippen LogP contribution in [0.4, 0.5) is 10.7 Å². The lowest BCUT2D eigenvalue weighted by Crippen LogP contribution is -2.07. The molecule has 0 bridgehead atoms. The first-order chi connectivity index (χ1) is 10.0. The van der Waals surface area contributed by atoms with E-state index >= 15 is 0 Å². The Labute approximate surface area is 128 Å². The Balaban J connectivity index is 2.23. The fraction of sp³-hybridized carbons (Fsp3) is 0.312. The molecule has 21 heavy (non-hydrogen) atoms. The van der Waals surface area contributed by atoms with E-state index in [-0.39, 0.29) is 11.7 Å². The maximum Gasteiger partial charge on any atom is 0.177 e. The number of ketones is 1. The number of methoxy groups -OCH3 is 1. The van der Waals surface area contributed by atoms with Crippen molar-refractivity contribution in [1.82, 2.24) is 0 Å². The van der Waals surface area contributed by atoms with Gasteiger partial charge in [0.15, 0.2) is 11.5 Å². The summed E-state index contributed by atoms with van der Waals surface area (Å²) in [4.78, 5) is 12.7. The molecule has 0 atom stereocenters.